The molecule has 2 atom stereocenters. The van der Waals surface area contributed by atoms with E-state index < -0.39 is 0 Å². The van der Waals surface area contributed by atoms with Crippen LogP contribution in [0, 0.1) is 0 Å². The van der Waals surface area contributed by atoms with Gasteiger partial charge in [-0.15, -0.1) is 0 Å². The smallest absolute Gasteiger partial charge is 0.0707 e. The Balaban J connectivity index is 1.75. The first-order chi connectivity index (χ1) is 9.26. The fourth-order valence-electron chi connectivity index (χ4n) is 2.96. The molecular formula is C16H32N2O2. The van der Waals surface area contributed by atoms with Crippen LogP contribution in [-0.4, -0.2) is 61.0 Å². The molecule has 2 aliphatic heterocycles. The molecule has 2 aliphatic rings. The number of ether oxygens (including phenoxy) is 2. The highest BCUT2D eigenvalue weighted by Gasteiger charge is 2.34. The van der Waals surface area contributed by atoms with Crippen LogP contribution in [0.15, 0.2) is 0 Å². The normalized spacial score (nSPS) is 31.6. The van der Waals surface area contributed by atoms with Crippen molar-refractivity contribution in [2.45, 2.75) is 70.7 Å². The van der Waals surface area contributed by atoms with Gasteiger partial charge in [0.25, 0.3) is 0 Å². The molecule has 2 unspecified atom stereocenters. The van der Waals surface area contributed by atoms with Gasteiger partial charge < -0.3 is 14.8 Å². The molecule has 2 rings (SSSR count). The molecule has 1 N–H and O–H groups in total. The van der Waals surface area contributed by atoms with Crippen molar-refractivity contribution in [1.82, 2.24) is 10.2 Å². The highest BCUT2D eigenvalue weighted by molar-refractivity contribution is 4.88. The first-order valence-corrected chi connectivity index (χ1v) is 7.99. The van der Waals surface area contributed by atoms with Crippen molar-refractivity contribution in [3.05, 3.63) is 0 Å². The second-order valence-corrected chi connectivity index (χ2v) is 7.90. The van der Waals surface area contributed by atoms with Gasteiger partial charge in [0.2, 0.25) is 0 Å². The molecule has 0 aliphatic carbocycles. The van der Waals surface area contributed by atoms with Crippen LogP contribution in [0.5, 0.6) is 0 Å². The molecule has 0 saturated carbocycles. The molecule has 20 heavy (non-hydrogen) atoms. The summed E-state index contributed by atoms with van der Waals surface area (Å²) in [5.41, 5.74) is 0.316. The molecule has 2 fully saturated rings. The third kappa shape index (κ3) is 4.69. The molecule has 4 heteroatoms. The average molecular weight is 284 g/mol. The van der Waals surface area contributed by atoms with Crippen molar-refractivity contribution in [3.8, 4) is 0 Å². The Morgan fingerprint density at radius 2 is 1.90 bits per heavy atom. The summed E-state index contributed by atoms with van der Waals surface area (Å²) in [7, 11) is 0. The average Bonchev–Trinajstić information content (AvgIpc) is 2.76. The Labute approximate surface area is 124 Å². The van der Waals surface area contributed by atoms with Crippen molar-refractivity contribution in [3.63, 3.8) is 0 Å². The first kappa shape index (κ1) is 16.2. The molecule has 2 heterocycles. The third-order valence-electron chi connectivity index (χ3n) is 4.30. The van der Waals surface area contributed by atoms with E-state index in [1.165, 1.54) is 12.8 Å². The van der Waals surface area contributed by atoms with Crippen molar-refractivity contribution in [2.24, 2.45) is 0 Å². The Morgan fingerprint density at radius 1 is 1.20 bits per heavy atom. The zero-order valence-electron chi connectivity index (χ0n) is 13.9. The molecular weight excluding hydrogens is 252 g/mol. The number of hydrogen-bond donors (Lipinski definition) is 1. The number of rotatable bonds is 4. The van der Waals surface area contributed by atoms with E-state index in [4.69, 9.17) is 9.47 Å². The first-order valence-electron chi connectivity index (χ1n) is 7.99. The molecule has 0 radical (unpaired) electrons. The molecule has 0 spiro atoms. The zero-order chi connectivity index (χ0) is 14.8. The van der Waals surface area contributed by atoms with Crippen LogP contribution in [0.3, 0.4) is 0 Å². The summed E-state index contributed by atoms with van der Waals surface area (Å²) >= 11 is 0. The molecule has 0 amide bonds. The molecule has 0 bridgehead atoms. The summed E-state index contributed by atoms with van der Waals surface area (Å²) in [5.74, 6) is 0. The van der Waals surface area contributed by atoms with Crippen molar-refractivity contribution in [2.75, 3.05) is 32.8 Å². The quantitative estimate of drug-likeness (QED) is 0.856. The minimum atomic E-state index is 0.142. The lowest BCUT2D eigenvalue weighted by atomic mass is 10.0. The molecule has 118 valence electrons. The van der Waals surface area contributed by atoms with Crippen LogP contribution in [0.25, 0.3) is 0 Å². The monoisotopic (exact) mass is 284 g/mol. The van der Waals surface area contributed by atoms with Crippen LogP contribution in [0.2, 0.25) is 0 Å². The van der Waals surface area contributed by atoms with E-state index in [0.717, 1.165) is 32.8 Å². The Bertz CT molecular complexity index is 312. The highest BCUT2D eigenvalue weighted by Crippen LogP contribution is 2.25. The summed E-state index contributed by atoms with van der Waals surface area (Å²) in [6.45, 7) is 15.9. The van der Waals surface area contributed by atoms with E-state index in [9.17, 15) is 0 Å². The lowest BCUT2D eigenvalue weighted by molar-refractivity contribution is -0.0749. The van der Waals surface area contributed by atoms with Gasteiger partial charge in [0, 0.05) is 30.7 Å². The Morgan fingerprint density at radius 3 is 2.55 bits per heavy atom. The minimum absolute atomic E-state index is 0.142. The maximum absolute atomic E-state index is 6.21. The summed E-state index contributed by atoms with van der Waals surface area (Å²) in [5, 5.41) is 3.55. The van der Waals surface area contributed by atoms with Gasteiger partial charge in [-0.05, 0) is 47.5 Å². The molecule has 0 aromatic carbocycles. The van der Waals surface area contributed by atoms with Gasteiger partial charge in [-0.2, -0.15) is 0 Å². The summed E-state index contributed by atoms with van der Waals surface area (Å²) in [6.07, 6.45) is 3.13. The number of nitrogens with one attached hydrogen (secondary N) is 1. The van der Waals surface area contributed by atoms with E-state index in [0.29, 0.717) is 12.2 Å². The van der Waals surface area contributed by atoms with Gasteiger partial charge in [0.15, 0.2) is 0 Å². The largest absolute Gasteiger partial charge is 0.378 e. The SMILES string of the molecule is CC(C)(C)NCC1CCC(CN2CCOCC2(C)C)O1. The van der Waals surface area contributed by atoms with Crippen LogP contribution >= 0.6 is 0 Å². The molecule has 0 aromatic heterocycles. The van der Waals surface area contributed by atoms with Gasteiger partial charge in [-0.3, -0.25) is 4.90 Å². The summed E-state index contributed by atoms with van der Waals surface area (Å²) in [4.78, 5) is 2.53. The predicted octanol–water partition coefficient (Wildman–Crippen LogP) is 2.03. The van der Waals surface area contributed by atoms with Crippen molar-refractivity contribution in [1.29, 1.82) is 0 Å². The summed E-state index contributed by atoms with van der Waals surface area (Å²) in [6, 6.07) is 0. The van der Waals surface area contributed by atoms with Gasteiger partial charge in [0.1, 0.15) is 0 Å². The second kappa shape index (κ2) is 6.30. The molecule has 4 nitrogen and oxygen atoms in total. The van der Waals surface area contributed by atoms with Crippen molar-refractivity contribution >= 4 is 0 Å². The van der Waals surface area contributed by atoms with E-state index in [2.05, 4.69) is 44.8 Å². The summed E-state index contributed by atoms with van der Waals surface area (Å²) < 4.78 is 11.8. The maximum Gasteiger partial charge on any atom is 0.0707 e. The van der Waals surface area contributed by atoms with Gasteiger partial charge >= 0.3 is 0 Å². The van der Waals surface area contributed by atoms with E-state index in [1.54, 1.807) is 0 Å². The van der Waals surface area contributed by atoms with E-state index >= 15 is 0 Å². The topological polar surface area (TPSA) is 33.7 Å². The second-order valence-electron chi connectivity index (χ2n) is 7.90. The van der Waals surface area contributed by atoms with Gasteiger partial charge in [-0.25, -0.2) is 0 Å². The third-order valence-corrected chi connectivity index (χ3v) is 4.30. The predicted molar refractivity (Wildman–Crippen MR) is 82.1 cm³/mol. The van der Waals surface area contributed by atoms with Gasteiger partial charge in [-0.1, -0.05) is 0 Å². The Kier molecular flexibility index (Phi) is 5.11. The lowest BCUT2D eigenvalue weighted by Gasteiger charge is -2.43. The zero-order valence-corrected chi connectivity index (χ0v) is 13.9. The molecule has 2 saturated heterocycles. The number of nitrogens with zero attached hydrogens (tertiary/aromatic N) is 1. The van der Waals surface area contributed by atoms with Crippen LogP contribution < -0.4 is 5.32 Å². The maximum atomic E-state index is 6.21. The number of morpholine rings is 1. The fourth-order valence-corrected chi connectivity index (χ4v) is 2.96. The lowest BCUT2D eigenvalue weighted by Crippen LogP contribution is -2.55. The fraction of sp³-hybridized carbons (Fsp3) is 1.00. The van der Waals surface area contributed by atoms with E-state index in [-0.39, 0.29) is 11.1 Å². The van der Waals surface area contributed by atoms with Crippen LogP contribution in [0.4, 0.5) is 0 Å². The minimum Gasteiger partial charge on any atom is -0.378 e. The number of hydrogen-bond acceptors (Lipinski definition) is 4. The van der Waals surface area contributed by atoms with Gasteiger partial charge in [0.05, 0.1) is 25.4 Å². The van der Waals surface area contributed by atoms with Crippen LogP contribution in [-0.2, 0) is 9.47 Å². The molecule has 0 aromatic rings. The standard InChI is InChI=1S/C16H32N2O2/c1-15(2,3)17-10-13-6-7-14(20-13)11-18-8-9-19-12-16(18,4)5/h13-14,17H,6-12H2,1-5H3. The highest BCUT2D eigenvalue weighted by atomic mass is 16.5. The van der Waals surface area contributed by atoms with Crippen molar-refractivity contribution < 1.29 is 9.47 Å². The van der Waals surface area contributed by atoms with E-state index in [1.807, 2.05) is 0 Å². The Hall–Kier alpha value is -0.160. The van der Waals surface area contributed by atoms with Crippen LogP contribution in [0.1, 0.15) is 47.5 Å².